The summed E-state index contributed by atoms with van der Waals surface area (Å²) in [6, 6.07) is 19.1. The molecule has 0 aliphatic carbocycles. The van der Waals surface area contributed by atoms with Gasteiger partial charge in [0.1, 0.15) is 12.4 Å². The Kier molecular flexibility index (Phi) is 6.69. The Morgan fingerprint density at radius 2 is 1.86 bits per heavy atom. The zero-order valence-electron chi connectivity index (χ0n) is 19.3. The first kappa shape index (κ1) is 23.7. The van der Waals surface area contributed by atoms with Crippen molar-refractivity contribution in [1.29, 1.82) is 0 Å². The van der Waals surface area contributed by atoms with Crippen LogP contribution in [0.25, 0.3) is 22.1 Å². The maximum absolute atomic E-state index is 13.3. The Labute approximate surface area is 216 Å². The van der Waals surface area contributed by atoms with E-state index in [-0.39, 0.29) is 12.2 Å². The van der Waals surface area contributed by atoms with Crippen molar-refractivity contribution in [2.24, 2.45) is 0 Å². The summed E-state index contributed by atoms with van der Waals surface area (Å²) in [6.07, 6.45) is 1.88. The number of thiazole rings is 1. The Hall–Kier alpha value is -3.06. The average Bonchev–Trinajstić information content (AvgIpc) is 3.36. The van der Waals surface area contributed by atoms with Crippen LogP contribution >= 0.6 is 34.5 Å². The SMILES string of the molecule is CCN(CC)c1ccc(/C=c2/sc3nc4ccccc4n3c2=O)c(OCc2ccc(Cl)cc2Cl)c1. The van der Waals surface area contributed by atoms with Gasteiger partial charge in [-0.2, -0.15) is 0 Å². The van der Waals surface area contributed by atoms with E-state index in [0.717, 1.165) is 40.9 Å². The highest BCUT2D eigenvalue weighted by Gasteiger charge is 2.13. The number of nitrogens with zero attached hydrogens (tertiary/aromatic N) is 3. The number of imidazole rings is 1. The monoisotopic (exact) mass is 523 g/mol. The lowest BCUT2D eigenvalue weighted by atomic mass is 10.1. The molecule has 5 nitrogen and oxygen atoms in total. The van der Waals surface area contributed by atoms with Crippen LogP contribution in [0.2, 0.25) is 10.0 Å². The third-order valence-corrected chi connectivity index (χ3v) is 7.51. The second kappa shape index (κ2) is 9.90. The average molecular weight is 524 g/mol. The molecule has 0 spiro atoms. The summed E-state index contributed by atoms with van der Waals surface area (Å²) in [7, 11) is 0. The quantitative estimate of drug-likeness (QED) is 0.255. The predicted octanol–water partition coefficient (Wildman–Crippen LogP) is 6.19. The maximum atomic E-state index is 13.3. The molecule has 0 saturated heterocycles. The van der Waals surface area contributed by atoms with Crippen LogP contribution in [-0.2, 0) is 6.61 Å². The fraction of sp³-hybridized carbons (Fsp3) is 0.185. The fourth-order valence-corrected chi connectivity index (χ4v) is 5.54. The minimum Gasteiger partial charge on any atom is -0.488 e. The molecule has 0 radical (unpaired) electrons. The van der Waals surface area contributed by atoms with Gasteiger partial charge in [-0.05, 0) is 56.3 Å². The van der Waals surface area contributed by atoms with E-state index in [1.807, 2.05) is 48.5 Å². The van der Waals surface area contributed by atoms with Crippen LogP contribution < -0.4 is 19.7 Å². The smallest absolute Gasteiger partial charge is 0.274 e. The van der Waals surface area contributed by atoms with Gasteiger partial charge < -0.3 is 9.64 Å². The summed E-state index contributed by atoms with van der Waals surface area (Å²) in [6.45, 7) is 6.27. The van der Waals surface area contributed by atoms with Gasteiger partial charge >= 0.3 is 0 Å². The molecule has 0 atom stereocenters. The van der Waals surface area contributed by atoms with E-state index >= 15 is 0 Å². The van der Waals surface area contributed by atoms with Crippen LogP contribution in [-0.4, -0.2) is 22.5 Å². The molecule has 5 rings (SSSR count). The van der Waals surface area contributed by atoms with Crippen LogP contribution in [0.15, 0.2) is 65.5 Å². The summed E-state index contributed by atoms with van der Waals surface area (Å²) in [5.41, 5.74) is 4.25. The predicted molar refractivity (Wildman–Crippen MR) is 146 cm³/mol. The van der Waals surface area contributed by atoms with Crippen molar-refractivity contribution in [2.45, 2.75) is 20.5 Å². The van der Waals surface area contributed by atoms with Gasteiger partial charge in [0, 0.05) is 46.0 Å². The number of rotatable bonds is 7. The molecule has 0 saturated carbocycles. The van der Waals surface area contributed by atoms with E-state index in [0.29, 0.717) is 25.3 Å². The van der Waals surface area contributed by atoms with E-state index in [1.165, 1.54) is 11.3 Å². The van der Waals surface area contributed by atoms with Gasteiger partial charge in [-0.15, -0.1) is 0 Å². The topological polar surface area (TPSA) is 46.8 Å². The second-order valence-corrected chi connectivity index (χ2v) is 9.91. The first-order chi connectivity index (χ1) is 17.0. The van der Waals surface area contributed by atoms with Crippen LogP contribution in [0.1, 0.15) is 25.0 Å². The third-order valence-electron chi connectivity index (χ3n) is 5.96. The second-order valence-electron chi connectivity index (χ2n) is 8.05. The summed E-state index contributed by atoms with van der Waals surface area (Å²) in [4.78, 5) is 20.8. The van der Waals surface area contributed by atoms with Gasteiger partial charge in [-0.1, -0.05) is 52.7 Å². The Balaban J connectivity index is 1.59. The molecular formula is C27H23Cl2N3O2S. The van der Waals surface area contributed by atoms with Gasteiger partial charge in [-0.3, -0.25) is 4.79 Å². The molecule has 178 valence electrons. The van der Waals surface area contributed by atoms with Crippen LogP contribution in [0.3, 0.4) is 0 Å². The van der Waals surface area contributed by atoms with E-state index in [1.54, 1.807) is 16.5 Å². The number of hydrogen-bond donors (Lipinski definition) is 0. The molecule has 0 fully saturated rings. The normalized spacial score (nSPS) is 12.1. The maximum Gasteiger partial charge on any atom is 0.274 e. The van der Waals surface area contributed by atoms with Crippen LogP contribution in [0.4, 0.5) is 5.69 Å². The molecule has 0 amide bonds. The summed E-state index contributed by atoms with van der Waals surface area (Å²) < 4.78 is 8.53. The molecule has 0 unspecified atom stereocenters. The standard InChI is InChI=1S/C27H23Cl2N3O2S/c1-3-31(4-2)20-12-10-17(24(15-20)34-16-18-9-11-19(28)14-21(18)29)13-25-26(33)32-23-8-6-5-7-22(23)30-27(32)35-25/h5-15H,3-4,16H2,1-2H3/b25-13+. The Bertz CT molecular complexity index is 1640. The molecule has 0 bridgehead atoms. The van der Waals surface area contributed by atoms with Crippen molar-refractivity contribution in [2.75, 3.05) is 18.0 Å². The number of aromatic nitrogens is 2. The summed E-state index contributed by atoms with van der Waals surface area (Å²) in [5.74, 6) is 0.677. The lowest BCUT2D eigenvalue weighted by Crippen LogP contribution is -2.23. The number of ether oxygens (including phenoxy) is 1. The molecule has 2 heterocycles. The molecule has 8 heteroatoms. The van der Waals surface area contributed by atoms with E-state index < -0.39 is 0 Å². The number of fused-ring (bicyclic) bond motifs is 3. The van der Waals surface area contributed by atoms with Gasteiger partial charge in [0.2, 0.25) is 0 Å². The van der Waals surface area contributed by atoms with Gasteiger partial charge in [0.25, 0.3) is 5.56 Å². The van der Waals surface area contributed by atoms with Crippen molar-refractivity contribution in [3.8, 4) is 5.75 Å². The minimum atomic E-state index is -0.0850. The molecule has 0 N–H and O–H groups in total. The number of halogens is 2. The van der Waals surface area contributed by atoms with Crippen LogP contribution in [0.5, 0.6) is 5.75 Å². The van der Waals surface area contributed by atoms with Crippen molar-refractivity contribution in [3.05, 3.63) is 96.7 Å². The highest BCUT2D eigenvalue weighted by molar-refractivity contribution is 7.15. The zero-order chi connectivity index (χ0) is 24.5. The van der Waals surface area contributed by atoms with E-state index in [2.05, 4.69) is 29.8 Å². The van der Waals surface area contributed by atoms with Crippen molar-refractivity contribution in [3.63, 3.8) is 0 Å². The molecule has 5 aromatic rings. The molecule has 35 heavy (non-hydrogen) atoms. The van der Waals surface area contributed by atoms with Crippen molar-refractivity contribution < 1.29 is 4.74 Å². The van der Waals surface area contributed by atoms with Gasteiger partial charge in [-0.25, -0.2) is 9.38 Å². The van der Waals surface area contributed by atoms with Crippen molar-refractivity contribution >= 4 is 62.3 Å². The first-order valence-corrected chi connectivity index (χ1v) is 12.9. The number of benzene rings is 3. The molecule has 0 aliphatic rings. The Morgan fingerprint density at radius 1 is 1.06 bits per heavy atom. The number of para-hydroxylation sites is 2. The molecular weight excluding hydrogens is 501 g/mol. The van der Waals surface area contributed by atoms with Gasteiger partial charge in [0.15, 0.2) is 4.96 Å². The third kappa shape index (κ3) is 4.61. The number of anilines is 1. The van der Waals surface area contributed by atoms with Crippen molar-refractivity contribution in [1.82, 2.24) is 9.38 Å². The zero-order valence-corrected chi connectivity index (χ0v) is 21.6. The summed E-state index contributed by atoms with van der Waals surface area (Å²) in [5, 5.41) is 1.13. The molecule has 3 aromatic carbocycles. The molecule has 2 aromatic heterocycles. The fourth-order valence-electron chi connectivity index (χ4n) is 4.10. The highest BCUT2D eigenvalue weighted by atomic mass is 35.5. The van der Waals surface area contributed by atoms with Crippen LogP contribution in [0, 0.1) is 0 Å². The lowest BCUT2D eigenvalue weighted by molar-refractivity contribution is 0.305. The minimum absolute atomic E-state index is 0.0850. The largest absolute Gasteiger partial charge is 0.488 e. The Morgan fingerprint density at radius 3 is 2.63 bits per heavy atom. The summed E-state index contributed by atoms with van der Waals surface area (Å²) >= 11 is 13.8. The number of hydrogen-bond acceptors (Lipinski definition) is 5. The van der Waals surface area contributed by atoms with Gasteiger partial charge in [0.05, 0.1) is 15.6 Å². The lowest BCUT2D eigenvalue weighted by Gasteiger charge is -2.22. The highest BCUT2D eigenvalue weighted by Crippen LogP contribution is 2.29. The molecule has 0 aliphatic heterocycles. The van der Waals surface area contributed by atoms with E-state index in [9.17, 15) is 4.79 Å². The van der Waals surface area contributed by atoms with E-state index in [4.69, 9.17) is 27.9 Å². The first-order valence-electron chi connectivity index (χ1n) is 11.4.